The van der Waals surface area contributed by atoms with E-state index in [0.29, 0.717) is 24.4 Å². The second-order valence-corrected chi connectivity index (χ2v) is 7.39. The molecule has 1 aliphatic heterocycles. The normalized spacial score (nSPS) is 16.1. The van der Waals surface area contributed by atoms with Crippen LogP contribution in [0.25, 0.3) is 0 Å². The molecule has 0 amide bonds. The minimum atomic E-state index is -5.27. The Labute approximate surface area is 181 Å². The van der Waals surface area contributed by atoms with Crippen molar-refractivity contribution in [2.45, 2.75) is 37.5 Å². The molecule has 171 valence electrons. The first-order valence-electron chi connectivity index (χ1n) is 9.72. The van der Waals surface area contributed by atoms with Gasteiger partial charge in [-0.15, -0.1) is 0 Å². The van der Waals surface area contributed by atoms with Crippen LogP contribution in [0.3, 0.4) is 0 Å². The summed E-state index contributed by atoms with van der Waals surface area (Å²) in [6.45, 7) is 1.43. The molecule has 1 saturated heterocycles. The number of benzene rings is 1. The summed E-state index contributed by atoms with van der Waals surface area (Å²) >= 11 is 0. The fourth-order valence-electron chi connectivity index (χ4n) is 3.73. The van der Waals surface area contributed by atoms with Crippen molar-refractivity contribution in [3.05, 3.63) is 52.6 Å². The molecule has 1 aliphatic rings. The lowest BCUT2D eigenvalue weighted by molar-refractivity contribution is -0.165. The van der Waals surface area contributed by atoms with E-state index in [0.717, 1.165) is 24.6 Å². The van der Waals surface area contributed by atoms with Gasteiger partial charge in [-0.3, -0.25) is 0 Å². The van der Waals surface area contributed by atoms with Crippen LogP contribution >= 0.6 is 0 Å². The number of alkyl halides is 6. The van der Waals surface area contributed by atoms with Gasteiger partial charge in [-0.25, -0.2) is 9.97 Å². The fraction of sp³-hybridized carbons (Fsp3) is 0.450. The van der Waals surface area contributed by atoms with Gasteiger partial charge in [-0.05, 0) is 43.5 Å². The molecule has 1 radical (unpaired) electrons. The number of methoxy groups -OCH3 is 1. The first kappa shape index (κ1) is 24.0. The second kappa shape index (κ2) is 9.47. The summed E-state index contributed by atoms with van der Waals surface area (Å²) in [5.74, 6) is 0.212. The van der Waals surface area contributed by atoms with Crippen molar-refractivity contribution in [2.75, 3.05) is 20.2 Å². The van der Waals surface area contributed by atoms with Gasteiger partial charge in [0.1, 0.15) is 17.1 Å². The summed E-state index contributed by atoms with van der Waals surface area (Å²) in [5, 5.41) is 0. The van der Waals surface area contributed by atoms with E-state index >= 15 is 0 Å². The molecule has 0 bridgehead atoms. The molecule has 0 unspecified atom stereocenters. The van der Waals surface area contributed by atoms with Crippen molar-refractivity contribution in [1.82, 2.24) is 14.8 Å². The van der Waals surface area contributed by atoms with E-state index in [2.05, 4.69) is 9.97 Å². The third-order valence-electron chi connectivity index (χ3n) is 5.34. The number of carbonyl (C=O) groups excluding carboxylic acids is 1. The Balaban J connectivity index is 1.83. The number of piperidine rings is 1. The highest BCUT2D eigenvalue weighted by atomic mass is 19.4. The van der Waals surface area contributed by atoms with Gasteiger partial charge in [0, 0.05) is 18.2 Å². The highest BCUT2D eigenvalue weighted by molar-refractivity contribution is 6.64. The fourth-order valence-corrected chi connectivity index (χ4v) is 3.73. The molecule has 0 spiro atoms. The number of hydrogen-bond donors (Lipinski definition) is 0. The van der Waals surface area contributed by atoms with Gasteiger partial charge in [0.2, 0.25) is 0 Å². The van der Waals surface area contributed by atoms with Crippen LogP contribution in [0.1, 0.15) is 47.0 Å². The minimum absolute atomic E-state index is 0.163. The summed E-state index contributed by atoms with van der Waals surface area (Å²) < 4.78 is 83.5. The Morgan fingerprint density at radius 3 is 2.41 bits per heavy atom. The van der Waals surface area contributed by atoms with E-state index in [9.17, 15) is 31.1 Å². The second-order valence-electron chi connectivity index (χ2n) is 7.39. The van der Waals surface area contributed by atoms with Gasteiger partial charge in [0.15, 0.2) is 5.69 Å². The molecule has 0 saturated carbocycles. The van der Waals surface area contributed by atoms with Crippen LogP contribution in [-0.4, -0.2) is 48.6 Å². The average molecular weight is 458 g/mol. The molecule has 32 heavy (non-hydrogen) atoms. The number of halogens is 6. The number of carbonyl (C=O) groups is 1. The minimum Gasteiger partial charge on any atom is -0.496 e. The molecule has 12 heteroatoms. The smallest absolute Gasteiger partial charge is 0.434 e. The number of rotatable bonds is 6. The number of aromatic nitrogens is 2. The van der Waals surface area contributed by atoms with Gasteiger partial charge in [0.25, 0.3) is 7.41 Å². The molecule has 0 atom stereocenters. The van der Waals surface area contributed by atoms with Gasteiger partial charge in [-0.2, -0.15) is 26.3 Å². The van der Waals surface area contributed by atoms with E-state index in [4.69, 9.17) is 4.74 Å². The predicted molar refractivity (Wildman–Crippen MR) is 104 cm³/mol. The van der Waals surface area contributed by atoms with Crippen LogP contribution in [0.2, 0.25) is 0 Å². The highest BCUT2D eigenvalue weighted by Gasteiger charge is 2.45. The van der Waals surface area contributed by atoms with Crippen molar-refractivity contribution in [3.8, 4) is 5.75 Å². The third kappa shape index (κ3) is 5.59. The van der Waals surface area contributed by atoms with Gasteiger partial charge in [-0.1, -0.05) is 12.1 Å². The Morgan fingerprint density at radius 1 is 1.16 bits per heavy atom. The van der Waals surface area contributed by atoms with Crippen molar-refractivity contribution in [3.63, 3.8) is 0 Å². The Hall–Kier alpha value is -2.63. The first-order chi connectivity index (χ1) is 15.0. The largest absolute Gasteiger partial charge is 0.496 e. The molecule has 1 aromatic carbocycles. The van der Waals surface area contributed by atoms with Crippen LogP contribution in [0.15, 0.2) is 24.4 Å². The van der Waals surface area contributed by atoms with Crippen molar-refractivity contribution >= 4 is 13.6 Å². The highest BCUT2D eigenvalue weighted by Crippen LogP contribution is 2.39. The molecule has 5 nitrogen and oxygen atoms in total. The lowest BCUT2D eigenvalue weighted by Crippen LogP contribution is -2.36. The predicted octanol–water partition coefficient (Wildman–Crippen LogP) is 4.10. The quantitative estimate of drug-likeness (QED) is 0.371. The standard InChI is InChI=1S/C20H19BF6N3O2/c1-32-16-8-13(12-4-6-30(7-5-12)21-11-31)2-3-14(16)9-17-28-10-15(19(22,23)24)18(29-17)20(25,26)27/h2-3,8,10-12H,4-7,9H2,1H3. The topological polar surface area (TPSA) is 55.3 Å². The van der Waals surface area contributed by atoms with E-state index in [1.165, 1.54) is 14.5 Å². The molecular formula is C20H19BF6N3O2. The summed E-state index contributed by atoms with van der Waals surface area (Å²) in [5.41, 5.74) is -2.50. The monoisotopic (exact) mass is 458 g/mol. The number of nitrogens with zero attached hydrogens (tertiary/aromatic N) is 3. The maximum atomic E-state index is 13.1. The zero-order valence-electron chi connectivity index (χ0n) is 17.0. The Kier molecular flexibility index (Phi) is 7.11. The maximum Gasteiger partial charge on any atom is 0.434 e. The summed E-state index contributed by atoms with van der Waals surface area (Å²) in [6, 6.07) is 5.25. The average Bonchev–Trinajstić information content (AvgIpc) is 2.73. The molecule has 2 heterocycles. The SMILES string of the molecule is COc1cc(C2CCN([B]C=O)CC2)ccc1Cc1ncc(C(F)(F)F)c(C(F)(F)F)n1. The lowest BCUT2D eigenvalue weighted by atomic mass is 9.83. The zero-order valence-corrected chi connectivity index (χ0v) is 17.0. The number of hydrogen-bond acceptors (Lipinski definition) is 5. The van der Waals surface area contributed by atoms with Crippen molar-refractivity contribution in [1.29, 1.82) is 0 Å². The van der Waals surface area contributed by atoms with Crippen LogP contribution in [0.5, 0.6) is 5.75 Å². The molecule has 3 rings (SSSR count). The van der Waals surface area contributed by atoms with Gasteiger partial charge < -0.3 is 14.3 Å². The summed E-state index contributed by atoms with van der Waals surface area (Å²) in [6.07, 6.45) is -8.19. The van der Waals surface area contributed by atoms with E-state index < -0.39 is 29.4 Å². The summed E-state index contributed by atoms with van der Waals surface area (Å²) in [7, 11) is 2.90. The molecule has 1 aromatic heterocycles. The summed E-state index contributed by atoms with van der Waals surface area (Å²) in [4.78, 5) is 19.2. The van der Waals surface area contributed by atoms with Crippen LogP contribution in [0, 0.1) is 0 Å². The van der Waals surface area contributed by atoms with Crippen LogP contribution < -0.4 is 4.74 Å². The number of ether oxygens (including phenoxy) is 1. The Bertz CT molecular complexity index is 959. The molecule has 2 aromatic rings. The van der Waals surface area contributed by atoms with Crippen molar-refractivity contribution in [2.24, 2.45) is 0 Å². The van der Waals surface area contributed by atoms with Crippen LogP contribution in [-0.2, 0) is 23.6 Å². The van der Waals surface area contributed by atoms with Gasteiger partial charge in [0.05, 0.1) is 13.3 Å². The molecule has 0 N–H and O–H groups in total. The van der Waals surface area contributed by atoms with E-state index in [-0.39, 0.29) is 18.5 Å². The third-order valence-corrected chi connectivity index (χ3v) is 5.34. The molecule has 0 aliphatic carbocycles. The van der Waals surface area contributed by atoms with E-state index in [1.807, 2.05) is 10.9 Å². The van der Waals surface area contributed by atoms with Crippen molar-refractivity contribution < 1.29 is 35.9 Å². The first-order valence-corrected chi connectivity index (χ1v) is 9.72. The van der Waals surface area contributed by atoms with E-state index in [1.54, 1.807) is 12.1 Å². The Morgan fingerprint density at radius 2 is 1.84 bits per heavy atom. The maximum absolute atomic E-state index is 13.1. The lowest BCUT2D eigenvalue weighted by Gasteiger charge is -2.31. The van der Waals surface area contributed by atoms with Gasteiger partial charge >= 0.3 is 12.4 Å². The zero-order chi connectivity index (χ0) is 23.5. The molecule has 1 fully saturated rings. The van der Waals surface area contributed by atoms with Crippen LogP contribution in [0.4, 0.5) is 26.3 Å². The molecular weight excluding hydrogens is 439 g/mol.